The highest BCUT2D eigenvalue weighted by molar-refractivity contribution is 7.92. The largest absolute Gasteiger partial charge is 0.497 e. The van der Waals surface area contributed by atoms with E-state index in [0.717, 1.165) is 5.56 Å². The number of hydrogen-bond acceptors (Lipinski definition) is 4. The van der Waals surface area contributed by atoms with Gasteiger partial charge in [-0.25, -0.2) is 8.42 Å². The van der Waals surface area contributed by atoms with Crippen molar-refractivity contribution in [1.29, 1.82) is 0 Å². The number of amides is 1. The molecule has 2 aromatic carbocycles. The summed E-state index contributed by atoms with van der Waals surface area (Å²) in [6.45, 7) is 0.699. The molecule has 2 aromatic rings. The van der Waals surface area contributed by atoms with Gasteiger partial charge in [-0.15, -0.1) is 0 Å². The van der Waals surface area contributed by atoms with E-state index in [1.807, 2.05) is 30.3 Å². The van der Waals surface area contributed by atoms with Crippen LogP contribution in [0.2, 0.25) is 0 Å². The molecule has 136 valence electrons. The van der Waals surface area contributed by atoms with Crippen molar-refractivity contribution in [3.63, 3.8) is 0 Å². The van der Waals surface area contributed by atoms with Crippen LogP contribution in [0, 0.1) is 5.92 Å². The topological polar surface area (TPSA) is 75.7 Å². The van der Waals surface area contributed by atoms with Crippen LogP contribution in [-0.2, 0) is 21.4 Å². The number of nitrogens with one attached hydrogen (secondary N) is 1. The fourth-order valence-corrected chi connectivity index (χ4v) is 6.00. The Balaban J connectivity index is 1.52. The van der Waals surface area contributed by atoms with E-state index in [1.165, 1.54) is 4.31 Å². The molecule has 1 aliphatic heterocycles. The Kier molecular flexibility index (Phi) is 4.00. The van der Waals surface area contributed by atoms with Crippen molar-refractivity contribution < 1.29 is 17.9 Å². The average Bonchev–Trinajstić information content (AvgIpc) is 3.34. The first kappa shape index (κ1) is 17.1. The predicted octanol–water partition coefficient (Wildman–Crippen LogP) is 2.24. The van der Waals surface area contributed by atoms with Crippen LogP contribution in [0.15, 0.2) is 54.6 Å². The normalized spacial score (nSPS) is 26.1. The maximum Gasteiger partial charge on any atom is 0.247 e. The Morgan fingerprint density at radius 1 is 1.19 bits per heavy atom. The smallest absolute Gasteiger partial charge is 0.247 e. The molecular weight excluding hydrogens is 352 g/mol. The van der Waals surface area contributed by atoms with Crippen LogP contribution in [0.25, 0.3) is 0 Å². The molecule has 2 atom stereocenters. The van der Waals surface area contributed by atoms with Crippen LogP contribution >= 0.6 is 0 Å². The molecule has 2 fully saturated rings. The summed E-state index contributed by atoms with van der Waals surface area (Å²) in [5.74, 6) is 0.0886. The minimum Gasteiger partial charge on any atom is -0.497 e. The van der Waals surface area contributed by atoms with E-state index in [9.17, 15) is 13.2 Å². The molecule has 6 nitrogen and oxygen atoms in total. The van der Waals surface area contributed by atoms with Crippen LogP contribution in [-0.4, -0.2) is 37.0 Å². The van der Waals surface area contributed by atoms with Crippen LogP contribution in [0.3, 0.4) is 0 Å². The van der Waals surface area contributed by atoms with Gasteiger partial charge in [0.25, 0.3) is 0 Å². The Labute approximate surface area is 152 Å². The maximum atomic E-state index is 13.0. The predicted molar refractivity (Wildman–Crippen MR) is 98.2 cm³/mol. The first-order valence-electron chi connectivity index (χ1n) is 8.46. The lowest BCUT2D eigenvalue weighted by Gasteiger charge is -2.21. The fourth-order valence-electron chi connectivity index (χ4n) is 3.65. The summed E-state index contributed by atoms with van der Waals surface area (Å²) in [7, 11) is -2.12. The van der Waals surface area contributed by atoms with Crippen LogP contribution < -0.4 is 10.1 Å². The van der Waals surface area contributed by atoms with Gasteiger partial charge in [0.1, 0.15) is 5.75 Å². The number of carbonyl (C=O) groups excluding carboxylic acids is 1. The van der Waals surface area contributed by atoms with E-state index >= 15 is 0 Å². The zero-order valence-corrected chi connectivity index (χ0v) is 15.2. The minimum absolute atomic E-state index is 0.144. The maximum absolute atomic E-state index is 13.0. The van der Waals surface area contributed by atoms with E-state index in [2.05, 4.69) is 5.32 Å². The highest BCUT2D eigenvalue weighted by Crippen LogP contribution is 2.58. The lowest BCUT2D eigenvalue weighted by molar-refractivity contribution is -0.116. The number of hydrogen-bond donors (Lipinski definition) is 1. The van der Waals surface area contributed by atoms with E-state index in [4.69, 9.17) is 4.74 Å². The second kappa shape index (κ2) is 6.10. The van der Waals surface area contributed by atoms with Crippen molar-refractivity contribution in [1.82, 2.24) is 4.31 Å². The molecule has 1 amide bonds. The summed E-state index contributed by atoms with van der Waals surface area (Å²) >= 11 is 0. The highest BCUT2D eigenvalue weighted by atomic mass is 32.2. The van der Waals surface area contributed by atoms with Gasteiger partial charge in [-0.3, -0.25) is 4.79 Å². The third-order valence-electron chi connectivity index (χ3n) is 5.21. The van der Waals surface area contributed by atoms with Gasteiger partial charge in [0.05, 0.1) is 7.11 Å². The number of anilines is 1. The summed E-state index contributed by atoms with van der Waals surface area (Å²) in [5.41, 5.74) is 1.48. The summed E-state index contributed by atoms with van der Waals surface area (Å²) in [6.07, 6.45) is 0.391. The van der Waals surface area contributed by atoms with Gasteiger partial charge < -0.3 is 10.1 Å². The van der Waals surface area contributed by atoms with E-state index in [0.29, 0.717) is 30.9 Å². The van der Waals surface area contributed by atoms with Crippen molar-refractivity contribution in [2.24, 2.45) is 5.92 Å². The Morgan fingerprint density at radius 3 is 2.54 bits per heavy atom. The summed E-state index contributed by atoms with van der Waals surface area (Å²) < 4.78 is 31.3. The molecule has 1 saturated carbocycles. The Morgan fingerprint density at radius 2 is 1.88 bits per heavy atom. The van der Waals surface area contributed by atoms with Crippen LogP contribution in [0.1, 0.15) is 12.0 Å². The zero-order valence-electron chi connectivity index (χ0n) is 14.4. The first-order valence-corrected chi connectivity index (χ1v) is 9.90. The second-order valence-corrected chi connectivity index (χ2v) is 8.95. The Hall–Kier alpha value is -2.38. The van der Waals surface area contributed by atoms with Gasteiger partial charge in [0, 0.05) is 24.7 Å². The molecule has 0 bridgehead atoms. The number of rotatable bonds is 5. The van der Waals surface area contributed by atoms with Gasteiger partial charge >= 0.3 is 0 Å². The number of methoxy groups -OCH3 is 1. The number of ether oxygens (including phenoxy) is 1. The molecule has 0 spiro atoms. The van der Waals surface area contributed by atoms with Gasteiger partial charge in [-0.2, -0.15) is 4.31 Å². The lowest BCUT2D eigenvalue weighted by Crippen LogP contribution is -2.41. The summed E-state index contributed by atoms with van der Waals surface area (Å²) in [6, 6.07) is 16.3. The summed E-state index contributed by atoms with van der Waals surface area (Å²) in [4.78, 5) is 12.8. The number of carbonyl (C=O) groups is 1. The van der Waals surface area contributed by atoms with Crippen molar-refractivity contribution in [3.05, 3.63) is 60.2 Å². The van der Waals surface area contributed by atoms with Crippen molar-refractivity contribution in [3.8, 4) is 5.75 Å². The zero-order chi connectivity index (χ0) is 18.4. The van der Waals surface area contributed by atoms with E-state index < -0.39 is 20.7 Å². The fraction of sp³-hybridized carbons (Fsp3) is 0.316. The van der Waals surface area contributed by atoms with E-state index in [1.54, 1.807) is 31.4 Å². The SMILES string of the molecule is COc1ccc(NC(=O)C23CC2CN(Cc2ccccc2)S3(=O)=O)cc1. The third-order valence-corrected chi connectivity index (χ3v) is 7.77. The van der Waals surface area contributed by atoms with E-state index in [-0.39, 0.29) is 5.92 Å². The molecule has 26 heavy (non-hydrogen) atoms. The van der Waals surface area contributed by atoms with Crippen molar-refractivity contribution in [2.75, 3.05) is 19.0 Å². The molecule has 4 rings (SSSR count). The molecule has 2 aliphatic rings. The summed E-state index contributed by atoms with van der Waals surface area (Å²) in [5, 5.41) is 2.76. The van der Waals surface area contributed by atoms with Crippen molar-refractivity contribution >= 4 is 21.6 Å². The number of nitrogens with zero attached hydrogens (tertiary/aromatic N) is 1. The van der Waals surface area contributed by atoms with Crippen LogP contribution in [0.5, 0.6) is 5.75 Å². The van der Waals surface area contributed by atoms with Gasteiger partial charge in [0.2, 0.25) is 15.9 Å². The molecule has 2 unspecified atom stereocenters. The number of fused-ring (bicyclic) bond motifs is 1. The standard InChI is InChI=1S/C19H20N2O4S/c1-25-17-9-7-16(8-10-17)20-18(22)19-11-15(19)13-21(26(19,23)24)12-14-5-3-2-4-6-14/h2-10,15H,11-13H2,1H3,(H,20,22). The van der Waals surface area contributed by atoms with Gasteiger partial charge in [-0.05, 0) is 36.2 Å². The molecule has 0 aromatic heterocycles. The molecular formula is C19H20N2O4S. The van der Waals surface area contributed by atoms with Gasteiger partial charge in [-0.1, -0.05) is 30.3 Å². The lowest BCUT2D eigenvalue weighted by atomic mass is 10.2. The Bertz CT molecular complexity index is 928. The van der Waals surface area contributed by atoms with Gasteiger partial charge in [0.15, 0.2) is 4.75 Å². The average molecular weight is 372 g/mol. The molecule has 1 aliphatic carbocycles. The number of sulfonamides is 1. The monoisotopic (exact) mass is 372 g/mol. The molecule has 7 heteroatoms. The molecule has 1 saturated heterocycles. The third kappa shape index (κ3) is 2.59. The minimum atomic E-state index is -3.69. The molecule has 1 N–H and O–H groups in total. The first-order chi connectivity index (χ1) is 12.5. The molecule has 1 heterocycles. The number of benzene rings is 2. The van der Waals surface area contributed by atoms with Crippen LogP contribution in [0.4, 0.5) is 5.69 Å². The quantitative estimate of drug-likeness (QED) is 0.873. The molecule has 0 radical (unpaired) electrons. The second-order valence-electron chi connectivity index (χ2n) is 6.76. The highest BCUT2D eigenvalue weighted by Gasteiger charge is 2.75. The van der Waals surface area contributed by atoms with Crippen molar-refractivity contribution in [2.45, 2.75) is 17.7 Å².